The molecule has 2 N–H and O–H groups in total. The van der Waals surface area contributed by atoms with Gasteiger partial charge in [-0.15, -0.1) is 0 Å². The van der Waals surface area contributed by atoms with Gasteiger partial charge in [0, 0.05) is 15.1 Å². The van der Waals surface area contributed by atoms with E-state index in [9.17, 15) is 18.8 Å². The van der Waals surface area contributed by atoms with E-state index in [1.54, 1.807) is 36.4 Å². The van der Waals surface area contributed by atoms with Gasteiger partial charge < -0.3 is 5.32 Å². The fourth-order valence-electron chi connectivity index (χ4n) is 3.96. The van der Waals surface area contributed by atoms with Gasteiger partial charge in [0.2, 0.25) is 0 Å². The van der Waals surface area contributed by atoms with Crippen LogP contribution in [0.2, 0.25) is 15.1 Å². The highest BCUT2D eigenvalue weighted by Gasteiger charge is 2.34. The van der Waals surface area contributed by atoms with E-state index in [-0.39, 0.29) is 33.5 Å². The molecule has 1 aromatic heterocycles. The van der Waals surface area contributed by atoms with Crippen molar-refractivity contribution in [1.29, 1.82) is 0 Å². The first-order chi connectivity index (χ1) is 18.1. The maximum atomic E-state index is 13.7. The molecule has 0 saturated carbocycles. The Hall–Kier alpha value is -3.37. The highest BCUT2D eigenvalue weighted by molar-refractivity contribution is 9.10. The number of hydrogen-bond donors (Lipinski definition) is 2. The second-order valence-corrected chi connectivity index (χ2v) is 10.4. The van der Waals surface area contributed by atoms with Gasteiger partial charge in [0.25, 0.3) is 11.5 Å². The van der Waals surface area contributed by atoms with Crippen LogP contribution in [0.1, 0.15) is 11.1 Å². The maximum Gasteiger partial charge on any atom is 0.329 e. The average Bonchev–Trinajstić information content (AvgIpc) is 3.31. The largest absolute Gasteiger partial charge is 0.329 e. The van der Waals surface area contributed by atoms with Gasteiger partial charge in [-0.3, -0.25) is 19.6 Å². The van der Waals surface area contributed by atoms with Gasteiger partial charge in [-0.1, -0.05) is 75.0 Å². The zero-order valence-electron chi connectivity index (χ0n) is 19.1. The summed E-state index contributed by atoms with van der Waals surface area (Å²) in [6.07, 6.45) is 1.30. The Balaban J connectivity index is 1.61. The third-order valence-corrected chi connectivity index (χ3v) is 7.06. The highest BCUT2D eigenvalue weighted by atomic mass is 79.9. The lowest BCUT2D eigenvalue weighted by Crippen LogP contribution is -2.30. The van der Waals surface area contributed by atoms with Gasteiger partial charge in [0.1, 0.15) is 17.2 Å². The summed E-state index contributed by atoms with van der Waals surface area (Å²) in [5.74, 6) is -1.08. The number of halogens is 5. The molecule has 5 rings (SSSR count). The van der Waals surface area contributed by atoms with Crippen molar-refractivity contribution in [3.63, 3.8) is 0 Å². The number of urea groups is 1. The number of imide groups is 1. The lowest BCUT2D eigenvalue weighted by Gasteiger charge is -2.11. The lowest BCUT2D eigenvalue weighted by atomic mass is 10.1. The first kappa shape index (κ1) is 26.2. The van der Waals surface area contributed by atoms with Crippen LogP contribution in [0.5, 0.6) is 0 Å². The Kier molecular flexibility index (Phi) is 7.19. The molecule has 0 aliphatic carbocycles. The summed E-state index contributed by atoms with van der Waals surface area (Å²) >= 11 is 22.2. The Labute approximate surface area is 238 Å². The minimum Gasteiger partial charge on any atom is -0.303 e. The Morgan fingerprint density at radius 2 is 1.55 bits per heavy atom. The quantitative estimate of drug-likeness (QED) is 0.187. The van der Waals surface area contributed by atoms with Crippen molar-refractivity contribution in [2.75, 3.05) is 0 Å². The summed E-state index contributed by atoms with van der Waals surface area (Å²) in [6.45, 7) is -0.0756. The van der Waals surface area contributed by atoms with Crippen LogP contribution < -0.4 is 10.9 Å². The number of nitrogens with zero attached hydrogens (tertiary/aromatic N) is 2. The molecule has 3 amide bonds. The second kappa shape index (κ2) is 10.4. The molecule has 38 heavy (non-hydrogen) atoms. The van der Waals surface area contributed by atoms with Gasteiger partial charge in [-0.25, -0.2) is 13.9 Å². The molecule has 0 bridgehead atoms. The number of carbonyl (C=O) groups excluding carboxylic acids is 2. The van der Waals surface area contributed by atoms with E-state index < -0.39 is 23.3 Å². The van der Waals surface area contributed by atoms with E-state index in [0.29, 0.717) is 26.3 Å². The predicted molar refractivity (Wildman–Crippen MR) is 148 cm³/mol. The summed E-state index contributed by atoms with van der Waals surface area (Å²) in [6, 6.07) is 14.6. The van der Waals surface area contributed by atoms with Gasteiger partial charge in [-0.2, -0.15) is 0 Å². The van der Waals surface area contributed by atoms with Gasteiger partial charge in [0.15, 0.2) is 0 Å². The van der Waals surface area contributed by atoms with E-state index in [4.69, 9.17) is 34.8 Å². The molecular weight excluding hydrogens is 622 g/mol. The molecule has 7 nitrogen and oxygen atoms in total. The summed E-state index contributed by atoms with van der Waals surface area (Å²) in [5.41, 5.74) is 1.10. The molecule has 1 aliphatic heterocycles. The molecule has 4 aromatic rings. The number of aromatic amines is 1. The summed E-state index contributed by atoms with van der Waals surface area (Å²) in [7, 11) is 0. The summed E-state index contributed by atoms with van der Waals surface area (Å²) < 4.78 is 15.1. The monoisotopic (exact) mass is 634 g/mol. The molecule has 0 radical (unpaired) electrons. The predicted octanol–water partition coefficient (Wildman–Crippen LogP) is 6.79. The van der Waals surface area contributed by atoms with Crippen molar-refractivity contribution in [3.8, 4) is 16.9 Å². The van der Waals surface area contributed by atoms with Crippen LogP contribution in [0.3, 0.4) is 0 Å². The molecule has 192 valence electrons. The van der Waals surface area contributed by atoms with Crippen LogP contribution in [0, 0.1) is 5.82 Å². The molecule has 1 saturated heterocycles. The number of amides is 3. The molecule has 1 aliphatic rings. The number of nitrogens with one attached hydrogen (secondary N) is 2. The molecule has 12 heteroatoms. The Bertz CT molecular complexity index is 1660. The minimum atomic E-state index is -0.673. The van der Waals surface area contributed by atoms with Crippen molar-refractivity contribution in [2.24, 2.45) is 0 Å². The van der Waals surface area contributed by atoms with E-state index in [1.807, 2.05) is 0 Å². The van der Waals surface area contributed by atoms with E-state index in [1.165, 1.54) is 35.0 Å². The maximum absolute atomic E-state index is 13.7. The highest BCUT2D eigenvalue weighted by Crippen LogP contribution is 2.33. The number of aromatic nitrogens is 2. The van der Waals surface area contributed by atoms with Crippen LogP contribution in [0.15, 0.2) is 75.6 Å². The SMILES string of the molecule is O=C1N/C(=C\c2c(-c3ccc(Cl)cc3)[nH]n(-c3c(Cl)cc(Br)cc3Cl)c2=O)C(=O)N1Cc1ccc(F)cc1. The molecule has 3 aromatic carbocycles. The van der Waals surface area contributed by atoms with E-state index in [2.05, 4.69) is 26.3 Å². The van der Waals surface area contributed by atoms with Crippen LogP contribution in [-0.2, 0) is 11.3 Å². The third-order valence-electron chi connectivity index (χ3n) is 5.77. The topological polar surface area (TPSA) is 87.2 Å². The summed E-state index contributed by atoms with van der Waals surface area (Å²) in [4.78, 5) is 40.4. The summed E-state index contributed by atoms with van der Waals surface area (Å²) in [5, 5.41) is 6.42. The van der Waals surface area contributed by atoms with Crippen LogP contribution in [-0.4, -0.2) is 26.6 Å². The number of carbonyl (C=O) groups is 2. The van der Waals surface area contributed by atoms with Crippen LogP contribution in [0.25, 0.3) is 23.0 Å². The fourth-order valence-corrected chi connectivity index (χ4v) is 5.46. The third kappa shape index (κ3) is 5.02. The minimum absolute atomic E-state index is 0.0756. The lowest BCUT2D eigenvalue weighted by molar-refractivity contribution is -0.123. The van der Waals surface area contributed by atoms with E-state index >= 15 is 0 Å². The smallest absolute Gasteiger partial charge is 0.303 e. The molecular formula is C26H15BrCl3FN4O3. The van der Waals surface area contributed by atoms with Gasteiger partial charge in [0.05, 0.1) is 27.8 Å². The van der Waals surface area contributed by atoms with Gasteiger partial charge >= 0.3 is 6.03 Å². The Morgan fingerprint density at radius 1 is 0.921 bits per heavy atom. The van der Waals surface area contributed by atoms with Gasteiger partial charge in [-0.05, 0) is 48.0 Å². The number of hydrogen-bond acceptors (Lipinski definition) is 3. The first-order valence-corrected chi connectivity index (χ1v) is 12.9. The zero-order chi connectivity index (χ0) is 27.1. The number of rotatable bonds is 5. The standard InChI is InChI=1S/C26H15BrCl3FN4O3/c27-15-9-19(29)23(20(30)10-15)35-24(36)18(22(33-35)14-3-5-16(28)6-4-14)11-21-25(37)34(26(38)32-21)12-13-1-7-17(31)8-2-13/h1-11,33H,12H2,(H,32,38)/b21-11-. The average molecular weight is 637 g/mol. The van der Waals surface area contributed by atoms with Crippen LogP contribution in [0.4, 0.5) is 9.18 Å². The van der Waals surface area contributed by atoms with Crippen molar-refractivity contribution in [1.82, 2.24) is 20.0 Å². The molecule has 2 heterocycles. The first-order valence-electron chi connectivity index (χ1n) is 11.0. The second-order valence-electron chi connectivity index (χ2n) is 8.27. The Morgan fingerprint density at radius 3 is 2.18 bits per heavy atom. The number of benzene rings is 3. The number of H-pyrrole nitrogens is 1. The van der Waals surface area contributed by atoms with Crippen LogP contribution >= 0.6 is 50.7 Å². The van der Waals surface area contributed by atoms with E-state index in [0.717, 1.165) is 4.90 Å². The van der Waals surface area contributed by atoms with Crippen molar-refractivity contribution in [3.05, 3.63) is 113 Å². The zero-order valence-corrected chi connectivity index (χ0v) is 22.9. The van der Waals surface area contributed by atoms with Crippen molar-refractivity contribution in [2.45, 2.75) is 6.54 Å². The molecule has 1 fully saturated rings. The molecule has 0 unspecified atom stereocenters. The molecule has 0 atom stereocenters. The fraction of sp³-hybridized carbons (Fsp3) is 0.0385. The molecule has 0 spiro atoms. The van der Waals surface area contributed by atoms with Crippen molar-refractivity contribution < 1.29 is 14.0 Å². The van der Waals surface area contributed by atoms with Crippen molar-refractivity contribution >= 4 is 68.7 Å². The normalized spacial score (nSPS) is 14.4.